The van der Waals surface area contributed by atoms with Gasteiger partial charge >= 0.3 is 7.12 Å². The largest absolute Gasteiger partial charge is 0.489 e. The Bertz CT molecular complexity index is 395. The Labute approximate surface area is 113 Å². The van der Waals surface area contributed by atoms with E-state index in [-0.39, 0.29) is 0 Å². The average Bonchev–Trinajstić information content (AvgIpc) is 2.37. The van der Waals surface area contributed by atoms with E-state index < -0.39 is 7.12 Å². The van der Waals surface area contributed by atoms with Crippen LogP contribution in [0.3, 0.4) is 0 Å². The van der Waals surface area contributed by atoms with Crippen LogP contribution in [0.4, 0.5) is 0 Å². The lowest BCUT2D eigenvalue weighted by molar-refractivity contribution is 0.372. The summed E-state index contributed by atoms with van der Waals surface area (Å²) in [4.78, 5) is 0. The number of hydrogen-bond acceptors (Lipinski definition) is 3. The second-order valence-corrected chi connectivity index (χ2v) is 5.35. The molecule has 0 heterocycles. The molecule has 1 aromatic carbocycles. The molecule has 0 spiro atoms. The molecule has 1 fully saturated rings. The minimum Gasteiger partial charge on any atom is -0.423 e. The Balaban J connectivity index is 1.91. The van der Waals surface area contributed by atoms with Crippen molar-refractivity contribution in [1.29, 1.82) is 0 Å². The molecule has 98 valence electrons. The average molecular weight is 268 g/mol. The highest BCUT2D eigenvalue weighted by atomic mass is 35.5. The van der Waals surface area contributed by atoms with Crippen molar-refractivity contribution in [3.63, 3.8) is 0 Å². The molecule has 0 radical (unpaired) electrons. The maximum absolute atomic E-state index is 9.08. The minimum atomic E-state index is -1.50. The first-order valence-electron chi connectivity index (χ1n) is 6.54. The van der Waals surface area contributed by atoms with Gasteiger partial charge in [0.2, 0.25) is 0 Å². The van der Waals surface area contributed by atoms with Crippen molar-refractivity contribution in [1.82, 2.24) is 5.32 Å². The van der Waals surface area contributed by atoms with Gasteiger partial charge in [0.1, 0.15) is 0 Å². The van der Waals surface area contributed by atoms with Gasteiger partial charge in [0.05, 0.1) is 0 Å². The highest BCUT2D eigenvalue weighted by Crippen LogP contribution is 2.18. The van der Waals surface area contributed by atoms with Crippen molar-refractivity contribution >= 4 is 24.2 Å². The molecule has 1 aliphatic rings. The van der Waals surface area contributed by atoms with Gasteiger partial charge in [0.25, 0.3) is 0 Å². The van der Waals surface area contributed by atoms with E-state index in [1.165, 1.54) is 32.1 Å². The normalized spacial score (nSPS) is 16.8. The molecule has 0 amide bonds. The third-order valence-electron chi connectivity index (χ3n) is 3.54. The number of hydrogen-bond donors (Lipinski definition) is 3. The molecular formula is C13H19BClNO2. The van der Waals surface area contributed by atoms with Gasteiger partial charge in [-0.2, -0.15) is 0 Å². The second kappa shape index (κ2) is 6.57. The van der Waals surface area contributed by atoms with Gasteiger partial charge in [-0.15, -0.1) is 0 Å². The lowest BCUT2D eigenvalue weighted by Gasteiger charge is -2.23. The summed E-state index contributed by atoms with van der Waals surface area (Å²) in [6.07, 6.45) is 6.48. The SMILES string of the molecule is OB(O)c1ccc(CNC2CCCCC2)cc1Cl. The molecule has 0 aliphatic heterocycles. The fourth-order valence-electron chi connectivity index (χ4n) is 2.46. The highest BCUT2D eigenvalue weighted by molar-refractivity contribution is 6.62. The molecule has 1 aromatic rings. The second-order valence-electron chi connectivity index (χ2n) is 4.95. The van der Waals surface area contributed by atoms with E-state index >= 15 is 0 Å². The molecule has 2 rings (SSSR count). The third kappa shape index (κ3) is 3.72. The fourth-order valence-corrected chi connectivity index (χ4v) is 2.76. The summed E-state index contributed by atoms with van der Waals surface area (Å²) < 4.78 is 0. The zero-order chi connectivity index (χ0) is 13.0. The molecule has 1 saturated carbocycles. The summed E-state index contributed by atoms with van der Waals surface area (Å²) >= 11 is 6.00. The van der Waals surface area contributed by atoms with E-state index in [1.54, 1.807) is 12.1 Å². The Kier molecular flexibility index (Phi) is 5.07. The first kappa shape index (κ1) is 13.9. The predicted octanol–water partition coefficient (Wildman–Crippen LogP) is 1.44. The van der Waals surface area contributed by atoms with Gasteiger partial charge in [0, 0.05) is 23.1 Å². The van der Waals surface area contributed by atoms with E-state index in [0.29, 0.717) is 16.5 Å². The predicted molar refractivity (Wildman–Crippen MR) is 75.0 cm³/mol. The van der Waals surface area contributed by atoms with Crippen LogP contribution in [0.5, 0.6) is 0 Å². The molecular weight excluding hydrogens is 248 g/mol. The summed E-state index contributed by atoms with van der Waals surface area (Å²) in [6.45, 7) is 0.784. The van der Waals surface area contributed by atoms with Gasteiger partial charge < -0.3 is 15.4 Å². The van der Waals surface area contributed by atoms with E-state index in [2.05, 4.69) is 5.32 Å². The van der Waals surface area contributed by atoms with Crippen LogP contribution in [0.1, 0.15) is 37.7 Å². The van der Waals surface area contributed by atoms with Crippen molar-refractivity contribution < 1.29 is 10.0 Å². The quantitative estimate of drug-likeness (QED) is 0.724. The fraction of sp³-hybridized carbons (Fsp3) is 0.538. The monoisotopic (exact) mass is 267 g/mol. The van der Waals surface area contributed by atoms with Gasteiger partial charge in [-0.25, -0.2) is 0 Å². The standard InChI is InChI=1S/C13H19BClNO2/c15-13-8-10(6-7-12(13)14(17)18)9-16-11-4-2-1-3-5-11/h6-8,11,16-18H,1-5,9H2. The molecule has 0 unspecified atom stereocenters. The summed E-state index contributed by atoms with van der Waals surface area (Å²) in [6, 6.07) is 5.97. The molecule has 0 bridgehead atoms. The first-order valence-corrected chi connectivity index (χ1v) is 6.92. The summed E-state index contributed by atoms with van der Waals surface area (Å²) in [7, 11) is -1.50. The van der Waals surface area contributed by atoms with E-state index in [4.69, 9.17) is 21.6 Å². The lowest BCUT2D eigenvalue weighted by atomic mass is 9.80. The van der Waals surface area contributed by atoms with Crippen LogP contribution < -0.4 is 10.8 Å². The number of nitrogens with one attached hydrogen (secondary N) is 1. The minimum absolute atomic E-state index is 0.359. The van der Waals surface area contributed by atoms with E-state index in [9.17, 15) is 0 Å². The van der Waals surface area contributed by atoms with Crippen LogP contribution >= 0.6 is 11.6 Å². The zero-order valence-electron chi connectivity index (χ0n) is 10.4. The van der Waals surface area contributed by atoms with Crippen LogP contribution in [0.2, 0.25) is 5.02 Å². The molecule has 0 aromatic heterocycles. The number of rotatable bonds is 4. The van der Waals surface area contributed by atoms with Crippen LogP contribution in [-0.2, 0) is 6.54 Å². The number of halogens is 1. The molecule has 18 heavy (non-hydrogen) atoms. The molecule has 5 heteroatoms. The van der Waals surface area contributed by atoms with Gasteiger partial charge in [0.15, 0.2) is 0 Å². The van der Waals surface area contributed by atoms with Crippen molar-refractivity contribution in [3.05, 3.63) is 28.8 Å². The molecule has 3 N–H and O–H groups in total. The molecule has 1 aliphatic carbocycles. The van der Waals surface area contributed by atoms with E-state index in [0.717, 1.165) is 12.1 Å². The van der Waals surface area contributed by atoms with Crippen molar-refractivity contribution in [2.45, 2.75) is 44.7 Å². The zero-order valence-corrected chi connectivity index (χ0v) is 11.2. The molecule has 0 saturated heterocycles. The Morgan fingerprint density at radius 2 is 1.94 bits per heavy atom. The first-order chi connectivity index (χ1) is 8.66. The lowest BCUT2D eigenvalue weighted by Crippen LogP contribution is -2.32. The van der Waals surface area contributed by atoms with Crippen molar-refractivity contribution in [3.8, 4) is 0 Å². The Morgan fingerprint density at radius 3 is 2.56 bits per heavy atom. The van der Waals surface area contributed by atoms with Crippen molar-refractivity contribution in [2.75, 3.05) is 0 Å². The maximum Gasteiger partial charge on any atom is 0.489 e. The van der Waals surface area contributed by atoms with E-state index in [1.807, 2.05) is 6.07 Å². The van der Waals surface area contributed by atoms with Gasteiger partial charge in [-0.3, -0.25) is 0 Å². The summed E-state index contributed by atoms with van der Waals surface area (Å²) in [5.74, 6) is 0. The summed E-state index contributed by atoms with van der Waals surface area (Å²) in [5.41, 5.74) is 1.44. The molecule has 3 nitrogen and oxygen atoms in total. The Hall–Kier alpha value is -0.545. The topological polar surface area (TPSA) is 52.5 Å². The third-order valence-corrected chi connectivity index (χ3v) is 3.87. The maximum atomic E-state index is 9.08. The smallest absolute Gasteiger partial charge is 0.423 e. The molecule has 0 atom stereocenters. The van der Waals surface area contributed by atoms with Crippen LogP contribution in [-0.4, -0.2) is 23.2 Å². The van der Waals surface area contributed by atoms with Gasteiger partial charge in [-0.1, -0.05) is 43.0 Å². The van der Waals surface area contributed by atoms with Gasteiger partial charge in [-0.05, 0) is 24.5 Å². The number of benzene rings is 1. The van der Waals surface area contributed by atoms with Crippen LogP contribution in [0.25, 0.3) is 0 Å². The Morgan fingerprint density at radius 1 is 1.22 bits per heavy atom. The summed E-state index contributed by atoms with van der Waals surface area (Å²) in [5, 5.41) is 22.1. The van der Waals surface area contributed by atoms with Crippen LogP contribution in [0.15, 0.2) is 18.2 Å². The van der Waals surface area contributed by atoms with Crippen molar-refractivity contribution in [2.24, 2.45) is 0 Å². The van der Waals surface area contributed by atoms with Crippen LogP contribution in [0, 0.1) is 0 Å². The highest BCUT2D eigenvalue weighted by Gasteiger charge is 2.16.